The molecule has 0 aliphatic carbocycles. The maximum absolute atomic E-state index is 12.6. The van der Waals surface area contributed by atoms with Gasteiger partial charge in [-0.3, -0.25) is 24.0 Å². The first-order chi connectivity index (χ1) is 14.8. The smallest absolute Gasteiger partial charge is 0.379 e. The van der Waals surface area contributed by atoms with Crippen LogP contribution in [0.15, 0.2) is 0 Å². The Bertz CT molecular complexity index is 760. The Morgan fingerprint density at radius 3 is 1.91 bits per heavy atom. The molecule has 0 aromatic heterocycles. The van der Waals surface area contributed by atoms with Gasteiger partial charge in [0.25, 0.3) is 0 Å². The van der Waals surface area contributed by atoms with E-state index in [1.807, 2.05) is 0 Å². The standard InChI is InChI=1S/C19H26O13/c1-9(20)27-8-15(29-11(3)22)17-16(30-12(4)23)14(28-10(2)21)7-19(32-17,18(25)26-6)31-13(5)24/h14-17H,7-8H2,1-6H3/t14?,15?,16-,17?,19-/m1/s1. The third kappa shape index (κ3) is 7.48. The Kier molecular flexibility index (Phi) is 9.56. The van der Waals surface area contributed by atoms with E-state index < -0.39 is 79.0 Å². The predicted molar refractivity (Wildman–Crippen MR) is 99.3 cm³/mol. The summed E-state index contributed by atoms with van der Waals surface area (Å²) in [6, 6.07) is 0. The van der Waals surface area contributed by atoms with Gasteiger partial charge in [0.05, 0.1) is 13.5 Å². The summed E-state index contributed by atoms with van der Waals surface area (Å²) in [5, 5.41) is 0. The third-order valence-corrected chi connectivity index (χ3v) is 4.05. The Balaban J connectivity index is 3.60. The van der Waals surface area contributed by atoms with E-state index in [9.17, 15) is 28.8 Å². The molecule has 0 spiro atoms. The molecule has 0 bridgehead atoms. The van der Waals surface area contributed by atoms with Crippen molar-refractivity contribution in [3.8, 4) is 0 Å². The molecular weight excluding hydrogens is 436 g/mol. The first-order valence-electron chi connectivity index (χ1n) is 9.42. The number of methoxy groups -OCH3 is 1. The van der Waals surface area contributed by atoms with Crippen LogP contribution >= 0.6 is 0 Å². The highest BCUT2D eigenvalue weighted by molar-refractivity contribution is 5.82. The largest absolute Gasteiger partial charge is 0.464 e. The van der Waals surface area contributed by atoms with Crippen LogP contribution in [0.2, 0.25) is 0 Å². The van der Waals surface area contributed by atoms with Crippen LogP contribution in [0.1, 0.15) is 41.0 Å². The highest BCUT2D eigenvalue weighted by atomic mass is 16.8. The molecular formula is C19H26O13. The fourth-order valence-electron chi connectivity index (χ4n) is 3.11. The second-order valence-corrected chi connectivity index (χ2v) is 6.80. The van der Waals surface area contributed by atoms with Crippen molar-refractivity contribution in [3.63, 3.8) is 0 Å². The molecule has 1 fully saturated rings. The van der Waals surface area contributed by atoms with Crippen LogP contribution in [0.5, 0.6) is 0 Å². The van der Waals surface area contributed by atoms with Crippen LogP contribution in [0.4, 0.5) is 0 Å². The van der Waals surface area contributed by atoms with E-state index in [2.05, 4.69) is 4.74 Å². The molecule has 32 heavy (non-hydrogen) atoms. The summed E-state index contributed by atoms with van der Waals surface area (Å²) in [7, 11) is 0.993. The molecule has 1 aliphatic heterocycles. The number of hydrogen-bond donors (Lipinski definition) is 0. The second kappa shape index (κ2) is 11.4. The fraction of sp³-hybridized carbons (Fsp3) is 0.684. The van der Waals surface area contributed by atoms with Crippen molar-refractivity contribution in [2.24, 2.45) is 0 Å². The van der Waals surface area contributed by atoms with Gasteiger partial charge in [-0.05, 0) is 0 Å². The van der Waals surface area contributed by atoms with Crippen LogP contribution in [0.25, 0.3) is 0 Å². The first-order valence-corrected chi connectivity index (χ1v) is 9.42. The van der Waals surface area contributed by atoms with Gasteiger partial charge in [0.1, 0.15) is 18.8 Å². The molecule has 0 aromatic rings. The van der Waals surface area contributed by atoms with Gasteiger partial charge in [-0.15, -0.1) is 0 Å². The van der Waals surface area contributed by atoms with Crippen molar-refractivity contribution >= 4 is 35.8 Å². The summed E-state index contributed by atoms with van der Waals surface area (Å²) in [4.78, 5) is 70.7. The minimum atomic E-state index is -2.45. The van der Waals surface area contributed by atoms with Gasteiger partial charge in [0, 0.05) is 34.6 Å². The lowest BCUT2D eigenvalue weighted by atomic mass is 9.91. The molecule has 3 unspecified atom stereocenters. The number of carbonyl (C=O) groups excluding carboxylic acids is 6. The monoisotopic (exact) mass is 462 g/mol. The van der Waals surface area contributed by atoms with Crippen LogP contribution in [-0.4, -0.2) is 79.7 Å². The molecule has 13 heteroatoms. The average Bonchev–Trinajstić information content (AvgIpc) is 2.64. The minimum absolute atomic E-state index is 0.582. The molecule has 13 nitrogen and oxygen atoms in total. The number of rotatable bonds is 8. The van der Waals surface area contributed by atoms with E-state index in [1.54, 1.807) is 0 Å². The summed E-state index contributed by atoms with van der Waals surface area (Å²) in [6.45, 7) is 4.67. The zero-order chi connectivity index (χ0) is 24.6. The van der Waals surface area contributed by atoms with Crippen molar-refractivity contribution in [3.05, 3.63) is 0 Å². The average molecular weight is 462 g/mol. The van der Waals surface area contributed by atoms with Crippen molar-refractivity contribution in [1.29, 1.82) is 0 Å². The Hall–Kier alpha value is -3.22. The van der Waals surface area contributed by atoms with E-state index in [4.69, 9.17) is 28.4 Å². The summed E-state index contributed by atoms with van der Waals surface area (Å²) in [5.41, 5.74) is 0. The summed E-state index contributed by atoms with van der Waals surface area (Å²) < 4.78 is 36.0. The SMILES string of the molecule is COC(=O)[C@@]1(OC(C)=O)CC(OC(C)=O)[C@@H](OC(C)=O)C(C(COC(C)=O)OC(C)=O)O1. The van der Waals surface area contributed by atoms with Crippen LogP contribution in [-0.2, 0) is 61.9 Å². The van der Waals surface area contributed by atoms with E-state index in [0.717, 1.165) is 41.7 Å². The molecule has 1 saturated heterocycles. The highest BCUT2D eigenvalue weighted by Crippen LogP contribution is 2.37. The molecule has 1 heterocycles. The molecule has 180 valence electrons. The van der Waals surface area contributed by atoms with E-state index in [-0.39, 0.29) is 0 Å². The maximum Gasteiger partial charge on any atom is 0.379 e. The highest BCUT2D eigenvalue weighted by Gasteiger charge is 2.60. The summed E-state index contributed by atoms with van der Waals surface area (Å²) >= 11 is 0. The zero-order valence-corrected chi connectivity index (χ0v) is 18.5. The topological polar surface area (TPSA) is 167 Å². The van der Waals surface area contributed by atoms with Gasteiger partial charge in [-0.25, -0.2) is 4.79 Å². The van der Waals surface area contributed by atoms with Gasteiger partial charge in [0.2, 0.25) is 0 Å². The van der Waals surface area contributed by atoms with Gasteiger partial charge >= 0.3 is 41.6 Å². The molecule has 0 amide bonds. The van der Waals surface area contributed by atoms with Gasteiger partial charge in [0.15, 0.2) is 12.2 Å². The molecule has 1 rings (SSSR count). The first kappa shape index (κ1) is 26.8. The van der Waals surface area contributed by atoms with Crippen molar-refractivity contribution in [1.82, 2.24) is 0 Å². The molecule has 0 radical (unpaired) electrons. The molecule has 5 atom stereocenters. The second-order valence-electron chi connectivity index (χ2n) is 6.80. The number of esters is 6. The molecule has 0 N–H and O–H groups in total. The van der Waals surface area contributed by atoms with Crippen LogP contribution in [0, 0.1) is 0 Å². The van der Waals surface area contributed by atoms with Crippen molar-refractivity contribution < 1.29 is 61.9 Å². The van der Waals surface area contributed by atoms with E-state index in [1.165, 1.54) is 0 Å². The van der Waals surface area contributed by atoms with Crippen LogP contribution in [0.3, 0.4) is 0 Å². The Morgan fingerprint density at radius 2 is 1.47 bits per heavy atom. The minimum Gasteiger partial charge on any atom is -0.464 e. The maximum atomic E-state index is 12.6. The molecule has 1 aliphatic rings. The predicted octanol–water partition coefficient (Wildman–Crippen LogP) is -0.434. The number of hydrogen-bond acceptors (Lipinski definition) is 13. The van der Waals surface area contributed by atoms with Gasteiger partial charge in [-0.2, -0.15) is 0 Å². The third-order valence-electron chi connectivity index (χ3n) is 4.05. The number of ether oxygens (including phenoxy) is 7. The lowest BCUT2D eigenvalue weighted by molar-refractivity contribution is -0.317. The Morgan fingerprint density at radius 1 is 0.875 bits per heavy atom. The van der Waals surface area contributed by atoms with Crippen LogP contribution < -0.4 is 0 Å². The van der Waals surface area contributed by atoms with Gasteiger partial charge < -0.3 is 33.2 Å². The Labute approximate surface area is 183 Å². The molecule has 0 saturated carbocycles. The quantitative estimate of drug-likeness (QED) is 0.337. The summed E-state index contributed by atoms with van der Waals surface area (Å²) in [6.07, 6.45) is -6.49. The lowest BCUT2D eigenvalue weighted by Crippen LogP contribution is -2.65. The molecule has 0 aromatic carbocycles. The zero-order valence-electron chi connectivity index (χ0n) is 18.5. The van der Waals surface area contributed by atoms with Gasteiger partial charge in [-0.1, -0.05) is 0 Å². The van der Waals surface area contributed by atoms with Crippen molar-refractivity contribution in [2.45, 2.75) is 71.2 Å². The fourth-order valence-corrected chi connectivity index (χ4v) is 3.11. The van der Waals surface area contributed by atoms with E-state index in [0.29, 0.717) is 0 Å². The normalized spacial score (nSPS) is 25.5. The number of carbonyl (C=O) groups is 6. The lowest BCUT2D eigenvalue weighted by Gasteiger charge is -2.46. The van der Waals surface area contributed by atoms with E-state index >= 15 is 0 Å². The summed E-state index contributed by atoms with van der Waals surface area (Å²) in [5.74, 6) is -7.80. The van der Waals surface area contributed by atoms with Crippen molar-refractivity contribution in [2.75, 3.05) is 13.7 Å².